The van der Waals surface area contributed by atoms with Gasteiger partial charge in [0.2, 0.25) is 5.91 Å². The van der Waals surface area contributed by atoms with Gasteiger partial charge in [0.05, 0.1) is 17.9 Å². The average molecular weight is 467 g/mol. The Bertz CT molecular complexity index is 917. The summed E-state index contributed by atoms with van der Waals surface area (Å²) in [5.74, 6) is 0.963. The second kappa shape index (κ2) is 10.9. The normalized spacial score (nSPS) is 14.4. The van der Waals surface area contributed by atoms with Gasteiger partial charge in [-0.3, -0.25) is 9.36 Å². The fourth-order valence-electron chi connectivity index (χ4n) is 3.10. The summed E-state index contributed by atoms with van der Waals surface area (Å²) in [6.45, 7) is 4.21. The highest BCUT2D eigenvalue weighted by Gasteiger charge is 2.30. The molecule has 0 saturated heterocycles. The van der Waals surface area contributed by atoms with Gasteiger partial charge in [0.15, 0.2) is 11.0 Å². The third kappa shape index (κ3) is 6.61. The summed E-state index contributed by atoms with van der Waals surface area (Å²) in [6.07, 6.45) is 2.59. The Hall–Kier alpha value is -2.26. The van der Waals surface area contributed by atoms with Crippen LogP contribution in [-0.4, -0.2) is 45.5 Å². The minimum absolute atomic E-state index is 0.127. The van der Waals surface area contributed by atoms with Gasteiger partial charge in [-0.1, -0.05) is 49.3 Å². The van der Waals surface area contributed by atoms with Crippen LogP contribution in [0.1, 0.15) is 45.0 Å². The molecule has 0 unspecified atom stereocenters. The number of nitrogens with zero attached hydrogens (tertiary/aromatic N) is 3. The number of hydrogen-bond acceptors (Lipinski definition) is 7. The van der Waals surface area contributed by atoms with Gasteiger partial charge in [0.25, 0.3) is 0 Å². The summed E-state index contributed by atoms with van der Waals surface area (Å²) in [4.78, 5) is 24.4. The number of hydrogen-bond donors (Lipinski definition) is 1. The molecule has 0 spiro atoms. The molecule has 1 heterocycles. The molecular formula is C21H27ClN4O4S. The van der Waals surface area contributed by atoms with E-state index in [1.54, 1.807) is 12.1 Å². The van der Waals surface area contributed by atoms with Crippen LogP contribution < -0.4 is 10.1 Å². The van der Waals surface area contributed by atoms with Gasteiger partial charge in [-0.05, 0) is 37.3 Å². The van der Waals surface area contributed by atoms with Crippen molar-refractivity contribution in [2.24, 2.45) is 5.92 Å². The zero-order chi connectivity index (χ0) is 22.4. The van der Waals surface area contributed by atoms with E-state index in [1.165, 1.54) is 18.9 Å². The lowest BCUT2D eigenvalue weighted by atomic mass is 10.0. The molecule has 1 atom stereocenters. The minimum Gasteiger partial charge on any atom is -0.484 e. The summed E-state index contributed by atoms with van der Waals surface area (Å²) >= 11 is 7.44. The van der Waals surface area contributed by atoms with Crippen LogP contribution in [0.15, 0.2) is 29.4 Å². The first-order valence-electron chi connectivity index (χ1n) is 10.2. The molecule has 0 aliphatic heterocycles. The maximum absolute atomic E-state index is 12.4. The molecule has 3 rings (SSSR count). The summed E-state index contributed by atoms with van der Waals surface area (Å²) in [7, 11) is 1.32. The van der Waals surface area contributed by atoms with E-state index in [9.17, 15) is 9.59 Å². The molecule has 1 N–H and O–H groups in total. The standard InChI is InChI=1S/C21H27ClN4O4S/c1-13(2)10-16(20(28)29-3)23-19(27)12-31-21-25-24-18(26(21)14-8-9-14)11-30-17-7-5-4-6-15(17)22/h4-7,13-14,16H,8-12H2,1-3H3,(H,23,27)/t16-/m1/s1. The van der Waals surface area contributed by atoms with Crippen molar-refractivity contribution < 1.29 is 19.1 Å². The van der Waals surface area contributed by atoms with Crippen molar-refractivity contribution in [3.8, 4) is 5.75 Å². The molecule has 1 aliphatic carbocycles. The summed E-state index contributed by atoms with van der Waals surface area (Å²) in [5.41, 5.74) is 0. The topological polar surface area (TPSA) is 95.3 Å². The smallest absolute Gasteiger partial charge is 0.328 e. The Morgan fingerprint density at radius 2 is 2.03 bits per heavy atom. The average Bonchev–Trinajstić information content (AvgIpc) is 3.50. The largest absolute Gasteiger partial charge is 0.484 e. The van der Waals surface area contributed by atoms with Crippen molar-refractivity contribution in [3.63, 3.8) is 0 Å². The Kier molecular flexibility index (Phi) is 8.20. The molecule has 2 aromatic rings. The Morgan fingerprint density at radius 1 is 1.29 bits per heavy atom. The maximum Gasteiger partial charge on any atom is 0.328 e. The molecule has 1 aliphatic rings. The number of ether oxygens (including phenoxy) is 2. The number of esters is 1. The number of para-hydroxylation sites is 1. The van der Waals surface area contributed by atoms with Crippen molar-refractivity contribution in [2.45, 2.75) is 57.0 Å². The van der Waals surface area contributed by atoms with E-state index in [0.29, 0.717) is 34.2 Å². The number of halogens is 1. The Labute approximate surface area is 191 Å². The van der Waals surface area contributed by atoms with Gasteiger partial charge in [-0.25, -0.2) is 4.79 Å². The summed E-state index contributed by atoms with van der Waals surface area (Å²) < 4.78 is 12.6. The van der Waals surface area contributed by atoms with Crippen LogP contribution in [-0.2, 0) is 20.9 Å². The molecule has 1 aromatic heterocycles. The predicted molar refractivity (Wildman–Crippen MR) is 118 cm³/mol. The van der Waals surface area contributed by atoms with Crippen LogP contribution >= 0.6 is 23.4 Å². The van der Waals surface area contributed by atoms with E-state index >= 15 is 0 Å². The maximum atomic E-state index is 12.4. The molecular weight excluding hydrogens is 440 g/mol. The second-order valence-electron chi connectivity index (χ2n) is 7.78. The van der Waals surface area contributed by atoms with Crippen molar-refractivity contribution in [3.05, 3.63) is 35.1 Å². The Morgan fingerprint density at radius 3 is 2.68 bits per heavy atom. The third-order valence-corrected chi connectivity index (χ3v) is 5.96. The molecule has 0 radical (unpaired) electrons. The number of rotatable bonds is 11. The Balaban J connectivity index is 1.61. The highest BCUT2D eigenvalue weighted by molar-refractivity contribution is 7.99. The van der Waals surface area contributed by atoms with Crippen LogP contribution in [0.5, 0.6) is 5.75 Å². The number of thioether (sulfide) groups is 1. The number of nitrogens with one attached hydrogen (secondary N) is 1. The molecule has 0 bridgehead atoms. The van der Waals surface area contributed by atoms with Crippen LogP contribution in [0, 0.1) is 5.92 Å². The van der Waals surface area contributed by atoms with Gasteiger partial charge in [-0.2, -0.15) is 0 Å². The van der Waals surface area contributed by atoms with E-state index in [4.69, 9.17) is 21.1 Å². The number of carbonyl (C=O) groups is 2. The van der Waals surface area contributed by atoms with E-state index in [0.717, 1.165) is 12.8 Å². The third-order valence-electron chi connectivity index (χ3n) is 4.70. The predicted octanol–water partition coefficient (Wildman–Crippen LogP) is 3.64. The lowest BCUT2D eigenvalue weighted by Crippen LogP contribution is -2.43. The fraction of sp³-hybridized carbons (Fsp3) is 0.524. The van der Waals surface area contributed by atoms with Gasteiger partial charge >= 0.3 is 5.97 Å². The number of carbonyl (C=O) groups excluding carboxylic acids is 2. The van der Waals surface area contributed by atoms with Crippen molar-refractivity contribution in [1.82, 2.24) is 20.1 Å². The van der Waals surface area contributed by atoms with Gasteiger partial charge in [0.1, 0.15) is 18.4 Å². The highest BCUT2D eigenvalue weighted by atomic mass is 35.5. The van der Waals surface area contributed by atoms with E-state index in [-0.39, 0.29) is 24.2 Å². The molecule has 1 fully saturated rings. The van der Waals surface area contributed by atoms with Crippen LogP contribution in [0.2, 0.25) is 5.02 Å². The van der Waals surface area contributed by atoms with Crippen LogP contribution in [0.25, 0.3) is 0 Å². The van der Waals surface area contributed by atoms with E-state index in [1.807, 2.05) is 30.5 Å². The highest BCUT2D eigenvalue weighted by Crippen LogP contribution is 2.39. The quantitative estimate of drug-likeness (QED) is 0.399. The van der Waals surface area contributed by atoms with Gasteiger partial charge in [-0.15, -0.1) is 10.2 Å². The number of benzene rings is 1. The van der Waals surface area contributed by atoms with Crippen molar-refractivity contribution in [2.75, 3.05) is 12.9 Å². The van der Waals surface area contributed by atoms with Crippen molar-refractivity contribution in [1.29, 1.82) is 0 Å². The zero-order valence-electron chi connectivity index (χ0n) is 17.8. The SMILES string of the molecule is COC(=O)[C@@H](CC(C)C)NC(=O)CSc1nnc(COc2ccccc2Cl)n1C1CC1. The van der Waals surface area contributed by atoms with E-state index < -0.39 is 12.0 Å². The summed E-state index contributed by atoms with van der Waals surface area (Å²) in [5, 5.41) is 12.5. The van der Waals surface area contributed by atoms with Crippen LogP contribution in [0.4, 0.5) is 0 Å². The lowest BCUT2D eigenvalue weighted by Gasteiger charge is -2.18. The number of methoxy groups -OCH3 is 1. The van der Waals surface area contributed by atoms with Crippen LogP contribution in [0.3, 0.4) is 0 Å². The van der Waals surface area contributed by atoms with Gasteiger partial charge in [0, 0.05) is 6.04 Å². The van der Waals surface area contributed by atoms with Gasteiger partial charge < -0.3 is 14.8 Å². The number of aromatic nitrogens is 3. The van der Waals surface area contributed by atoms with E-state index in [2.05, 4.69) is 15.5 Å². The molecule has 8 nitrogen and oxygen atoms in total. The molecule has 1 saturated carbocycles. The molecule has 1 aromatic carbocycles. The first-order chi connectivity index (χ1) is 14.9. The monoisotopic (exact) mass is 466 g/mol. The lowest BCUT2D eigenvalue weighted by molar-refractivity contribution is -0.145. The first kappa shape index (κ1) is 23.4. The number of amides is 1. The molecule has 31 heavy (non-hydrogen) atoms. The first-order valence-corrected chi connectivity index (χ1v) is 11.6. The zero-order valence-corrected chi connectivity index (χ0v) is 19.4. The fourth-order valence-corrected chi connectivity index (χ4v) is 4.13. The minimum atomic E-state index is -0.654. The summed E-state index contributed by atoms with van der Waals surface area (Å²) in [6, 6.07) is 6.92. The van der Waals surface area contributed by atoms with Crippen molar-refractivity contribution >= 4 is 35.2 Å². The molecule has 1 amide bonds. The molecule has 168 valence electrons. The molecule has 10 heteroatoms. The second-order valence-corrected chi connectivity index (χ2v) is 9.13.